The van der Waals surface area contributed by atoms with E-state index >= 15 is 0 Å². The Morgan fingerprint density at radius 1 is 1.38 bits per heavy atom. The van der Waals surface area contributed by atoms with E-state index in [9.17, 15) is 14.0 Å². The van der Waals surface area contributed by atoms with Crippen molar-refractivity contribution in [1.29, 1.82) is 0 Å². The number of imidazole rings is 1. The highest BCUT2D eigenvalue weighted by molar-refractivity contribution is 5.92. The van der Waals surface area contributed by atoms with E-state index in [0.29, 0.717) is 18.0 Å². The van der Waals surface area contributed by atoms with Gasteiger partial charge in [-0.3, -0.25) is 9.59 Å². The van der Waals surface area contributed by atoms with E-state index in [1.54, 1.807) is 4.90 Å². The van der Waals surface area contributed by atoms with Crippen LogP contribution in [0.1, 0.15) is 16.9 Å². The number of nitrogens with two attached hydrogens (primary N) is 1. The van der Waals surface area contributed by atoms with E-state index in [1.165, 1.54) is 36.8 Å². The standard InChI is InChI=1S/C17H19FN4O4/c18-12-1-3-13(4-2-12)25-10-17(7-15(19)23)9-22(5-6-26-17)16(24)14-8-20-11-21-14/h1-4,8,11H,5-7,9-10H2,(H2,19,23)(H,20,21)/t17-/m0/s1. The Balaban J connectivity index is 1.74. The monoisotopic (exact) mass is 362 g/mol. The Labute approximate surface area is 149 Å². The molecule has 1 saturated heterocycles. The van der Waals surface area contributed by atoms with Crippen LogP contribution in [0.4, 0.5) is 4.39 Å². The summed E-state index contributed by atoms with van der Waals surface area (Å²) in [5.41, 5.74) is 4.64. The molecular formula is C17H19FN4O4. The summed E-state index contributed by atoms with van der Waals surface area (Å²) in [6.07, 6.45) is 2.74. The molecule has 26 heavy (non-hydrogen) atoms. The van der Waals surface area contributed by atoms with Crippen LogP contribution in [0, 0.1) is 5.82 Å². The number of aromatic amines is 1. The first-order chi connectivity index (χ1) is 12.5. The summed E-state index contributed by atoms with van der Waals surface area (Å²) in [5, 5.41) is 0. The van der Waals surface area contributed by atoms with Gasteiger partial charge in [-0.1, -0.05) is 0 Å². The highest BCUT2D eigenvalue weighted by atomic mass is 19.1. The number of morpholine rings is 1. The molecule has 9 heteroatoms. The molecule has 1 aromatic heterocycles. The fourth-order valence-corrected chi connectivity index (χ4v) is 2.87. The molecule has 2 amide bonds. The molecule has 1 atom stereocenters. The molecule has 8 nitrogen and oxygen atoms in total. The quantitative estimate of drug-likeness (QED) is 0.786. The zero-order valence-electron chi connectivity index (χ0n) is 14.0. The fraction of sp³-hybridized carbons (Fsp3) is 0.353. The van der Waals surface area contributed by atoms with E-state index in [4.69, 9.17) is 15.2 Å². The maximum atomic E-state index is 13.0. The molecule has 2 aromatic rings. The van der Waals surface area contributed by atoms with Crippen molar-refractivity contribution < 1.29 is 23.5 Å². The minimum Gasteiger partial charge on any atom is -0.490 e. The number of aromatic nitrogens is 2. The van der Waals surface area contributed by atoms with Gasteiger partial charge in [-0.05, 0) is 24.3 Å². The summed E-state index contributed by atoms with van der Waals surface area (Å²) in [5.74, 6) is -0.768. The molecule has 1 aliphatic heterocycles. The molecule has 138 valence electrons. The molecule has 1 aromatic carbocycles. The number of amides is 2. The number of carbonyl (C=O) groups excluding carboxylic acids is 2. The SMILES string of the molecule is NC(=O)C[C@@]1(COc2ccc(F)cc2)CN(C(=O)c2cnc[nH]2)CCO1. The molecule has 3 N–H and O–H groups in total. The number of hydrogen-bond acceptors (Lipinski definition) is 5. The van der Waals surface area contributed by atoms with Gasteiger partial charge in [0.2, 0.25) is 5.91 Å². The van der Waals surface area contributed by atoms with Crippen LogP contribution < -0.4 is 10.5 Å². The number of primary amides is 1. The number of hydrogen-bond donors (Lipinski definition) is 2. The Bertz CT molecular complexity index is 766. The van der Waals surface area contributed by atoms with Crippen molar-refractivity contribution in [1.82, 2.24) is 14.9 Å². The molecule has 2 heterocycles. The number of carbonyl (C=O) groups is 2. The van der Waals surface area contributed by atoms with Crippen LogP contribution in [0.25, 0.3) is 0 Å². The zero-order chi connectivity index (χ0) is 18.6. The number of nitrogens with zero attached hydrogens (tertiary/aromatic N) is 2. The molecule has 0 unspecified atom stereocenters. The fourth-order valence-electron chi connectivity index (χ4n) is 2.87. The highest BCUT2D eigenvalue weighted by Gasteiger charge is 2.41. The Kier molecular flexibility index (Phi) is 5.17. The van der Waals surface area contributed by atoms with E-state index in [1.807, 2.05) is 0 Å². The molecule has 0 aliphatic carbocycles. The molecule has 1 aliphatic rings. The number of halogens is 1. The van der Waals surface area contributed by atoms with Crippen LogP contribution in [0.5, 0.6) is 5.75 Å². The van der Waals surface area contributed by atoms with Gasteiger partial charge in [-0.2, -0.15) is 0 Å². The Hall–Kier alpha value is -2.94. The zero-order valence-corrected chi connectivity index (χ0v) is 14.0. The van der Waals surface area contributed by atoms with Crippen LogP contribution >= 0.6 is 0 Å². The first kappa shape index (κ1) is 17.9. The lowest BCUT2D eigenvalue weighted by Gasteiger charge is -2.41. The number of nitrogens with one attached hydrogen (secondary N) is 1. The van der Waals surface area contributed by atoms with Gasteiger partial charge in [0.25, 0.3) is 5.91 Å². The Morgan fingerprint density at radius 3 is 2.81 bits per heavy atom. The van der Waals surface area contributed by atoms with E-state index in [2.05, 4.69) is 9.97 Å². The molecule has 1 fully saturated rings. The second kappa shape index (κ2) is 7.52. The highest BCUT2D eigenvalue weighted by Crippen LogP contribution is 2.25. The molecule has 0 radical (unpaired) electrons. The van der Waals surface area contributed by atoms with Gasteiger partial charge in [0.15, 0.2) is 0 Å². The molecule has 0 saturated carbocycles. The first-order valence-corrected chi connectivity index (χ1v) is 8.06. The van der Waals surface area contributed by atoms with Gasteiger partial charge in [0.1, 0.15) is 29.5 Å². The van der Waals surface area contributed by atoms with Gasteiger partial charge in [0.05, 0.1) is 32.1 Å². The van der Waals surface area contributed by atoms with E-state index in [0.717, 1.165) is 0 Å². The van der Waals surface area contributed by atoms with E-state index < -0.39 is 11.5 Å². The van der Waals surface area contributed by atoms with Crippen LogP contribution in [-0.4, -0.2) is 58.6 Å². The van der Waals surface area contributed by atoms with Gasteiger partial charge in [0, 0.05) is 6.54 Å². The molecular weight excluding hydrogens is 343 g/mol. The van der Waals surface area contributed by atoms with Crippen molar-refractivity contribution >= 4 is 11.8 Å². The topological polar surface area (TPSA) is 111 Å². The minimum absolute atomic E-state index is 0.00563. The van der Waals surface area contributed by atoms with E-state index in [-0.39, 0.29) is 37.9 Å². The van der Waals surface area contributed by atoms with Crippen LogP contribution in [0.2, 0.25) is 0 Å². The average Bonchev–Trinajstić information content (AvgIpc) is 3.15. The Morgan fingerprint density at radius 2 is 2.15 bits per heavy atom. The number of H-pyrrole nitrogens is 1. The third-order valence-electron chi connectivity index (χ3n) is 4.08. The smallest absolute Gasteiger partial charge is 0.272 e. The third kappa shape index (κ3) is 4.17. The predicted octanol–water partition coefficient (Wildman–Crippen LogP) is 0.714. The number of benzene rings is 1. The van der Waals surface area contributed by atoms with Gasteiger partial charge in [-0.15, -0.1) is 0 Å². The van der Waals surface area contributed by atoms with Gasteiger partial charge < -0.3 is 25.1 Å². The summed E-state index contributed by atoms with van der Waals surface area (Å²) in [6.45, 7) is 0.734. The van der Waals surface area contributed by atoms with Crippen molar-refractivity contribution in [2.75, 3.05) is 26.3 Å². The van der Waals surface area contributed by atoms with Crippen molar-refractivity contribution in [3.8, 4) is 5.75 Å². The lowest BCUT2D eigenvalue weighted by molar-refractivity contribution is -0.142. The lowest BCUT2D eigenvalue weighted by Crippen LogP contribution is -2.58. The number of ether oxygens (including phenoxy) is 2. The largest absolute Gasteiger partial charge is 0.490 e. The van der Waals surface area contributed by atoms with Crippen LogP contribution in [-0.2, 0) is 9.53 Å². The second-order valence-electron chi connectivity index (χ2n) is 6.11. The second-order valence-corrected chi connectivity index (χ2v) is 6.11. The average molecular weight is 362 g/mol. The maximum Gasteiger partial charge on any atom is 0.272 e. The predicted molar refractivity (Wildman–Crippen MR) is 88.9 cm³/mol. The summed E-state index contributed by atoms with van der Waals surface area (Å²) < 4.78 is 24.5. The third-order valence-corrected chi connectivity index (χ3v) is 4.08. The minimum atomic E-state index is -1.08. The number of rotatable bonds is 6. The lowest BCUT2D eigenvalue weighted by atomic mass is 9.97. The van der Waals surface area contributed by atoms with Crippen LogP contribution in [0.3, 0.4) is 0 Å². The molecule has 0 bridgehead atoms. The summed E-state index contributed by atoms with van der Waals surface area (Å²) in [6, 6.07) is 5.49. The van der Waals surface area contributed by atoms with Crippen LogP contribution in [0.15, 0.2) is 36.8 Å². The van der Waals surface area contributed by atoms with Crippen molar-refractivity contribution in [3.63, 3.8) is 0 Å². The molecule has 0 spiro atoms. The van der Waals surface area contributed by atoms with Gasteiger partial charge >= 0.3 is 0 Å². The summed E-state index contributed by atoms with van der Waals surface area (Å²) >= 11 is 0. The first-order valence-electron chi connectivity index (χ1n) is 8.06. The normalized spacial score (nSPS) is 20.0. The molecule has 3 rings (SSSR count). The van der Waals surface area contributed by atoms with Crippen molar-refractivity contribution in [2.45, 2.75) is 12.0 Å². The summed E-state index contributed by atoms with van der Waals surface area (Å²) in [4.78, 5) is 32.3. The van der Waals surface area contributed by atoms with Crippen molar-refractivity contribution in [2.24, 2.45) is 5.73 Å². The maximum absolute atomic E-state index is 13.0. The van der Waals surface area contributed by atoms with Gasteiger partial charge in [-0.25, -0.2) is 9.37 Å². The van der Waals surface area contributed by atoms with Crippen molar-refractivity contribution in [3.05, 3.63) is 48.3 Å². The summed E-state index contributed by atoms with van der Waals surface area (Å²) in [7, 11) is 0.